The molecular weight excluding hydrogens is 344 g/mol. The zero-order valence-corrected chi connectivity index (χ0v) is 15.4. The molecule has 1 aliphatic heterocycles. The molecule has 24 heavy (non-hydrogen) atoms. The Balaban J connectivity index is 1.80. The second-order valence-electron chi connectivity index (χ2n) is 6.15. The molecule has 2 aromatic rings. The number of anilines is 1. The second kappa shape index (κ2) is 6.75. The van der Waals surface area contributed by atoms with Gasteiger partial charge in [0.05, 0.1) is 4.90 Å². The zero-order valence-electron chi connectivity index (χ0n) is 13.8. The highest BCUT2D eigenvalue weighted by molar-refractivity contribution is 7.89. The van der Waals surface area contributed by atoms with Crippen LogP contribution in [-0.4, -0.2) is 38.4 Å². The number of aryl methyl sites for hydroxylation is 1. The van der Waals surface area contributed by atoms with Crippen LogP contribution in [0.2, 0.25) is 5.02 Å². The largest absolute Gasteiger partial charge is 0.366 e. The number of nitrogens with zero attached hydrogens (tertiary/aromatic N) is 2. The fourth-order valence-electron chi connectivity index (χ4n) is 3.03. The minimum absolute atomic E-state index is 0.108. The number of rotatable bonds is 3. The van der Waals surface area contributed by atoms with Crippen LogP contribution in [0, 0.1) is 6.92 Å². The molecule has 0 aliphatic carbocycles. The molecule has 2 aromatic carbocycles. The Bertz CT molecular complexity index is 824. The van der Waals surface area contributed by atoms with Crippen molar-refractivity contribution in [1.82, 2.24) is 4.31 Å². The van der Waals surface area contributed by atoms with Gasteiger partial charge >= 0.3 is 0 Å². The molecule has 0 radical (unpaired) electrons. The van der Waals surface area contributed by atoms with Crippen LogP contribution in [0.4, 0.5) is 5.69 Å². The van der Waals surface area contributed by atoms with Crippen LogP contribution in [0.25, 0.3) is 0 Å². The molecule has 1 heterocycles. The summed E-state index contributed by atoms with van der Waals surface area (Å²) in [5.74, 6) is 0. The molecule has 0 saturated carbocycles. The first-order valence-electron chi connectivity index (χ1n) is 7.97. The van der Waals surface area contributed by atoms with E-state index < -0.39 is 10.0 Å². The summed E-state index contributed by atoms with van der Waals surface area (Å²) in [6.07, 6.45) is 0. The average Bonchev–Trinajstić information content (AvgIpc) is 2.58. The van der Waals surface area contributed by atoms with E-state index in [9.17, 15) is 8.42 Å². The van der Waals surface area contributed by atoms with E-state index in [0.29, 0.717) is 24.7 Å². The Hall–Kier alpha value is -1.56. The van der Waals surface area contributed by atoms with Crippen LogP contribution in [0.5, 0.6) is 0 Å². The van der Waals surface area contributed by atoms with E-state index in [1.165, 1.54) is 0 Å². The van der Waals surface area contributed by atoms with E-state index in [2.05, 4.69) is 24.0 Å². The molecule has 1 fully saturated rings. The lowest BCUT2D eigenvalue weighted by Crippen LogP contribution is -2.53. The van der Waals surface area contributed by atoms with E-state index in [1.807, 2.05) is 25.1 Å². The van der Waals surface area contributed by atoms with Gasteiger partial charge in [0.15, 0.2) is 0 Å². The first-order chi connectivity index (χ1) is 11.4. The highest BCUT2D eigenvalue weighted by Crippen LogP contribution is 2.26. The highest BCUT2D eigenvalue weighted by atomic mass is 35.5. The maximum absolute atomic E-state index is 12.9. The quantitative estimate of drug-likeness (QED) is 0.836. The monoisotopic (exact) mass is 364 g/mol. The number of benzene rings is 2. The van der Waals surface area contributed by atoms with Crippen molar-refractivity contribution >= 4 is 27.3 Å². The third kappa shape index (κ3) is 3.29. The molecule has 0 bridgehead atoms. The maximum Gasteiger partial charge on any atom is 0.243 e. The molecule has 0 amide bonds. The number of hydrogen-bond acceptors (Lipinski definition) is 3. The summed E-state index contributed by atoms with van der Waals surface area (Å²) >= 11 is 6.10. The van der Waals surface area contributed by atoms with Gasteiger partial charge in [0, 0.05) is 36.4 Å². The molecule has 1 atom stereocenters. The standard InChI is InChI=1S/C18H21ClN2O2S/c1-14-8-9-17(12-18(14)19)24(22,23)20-10-11-21(15(2)13-20)16-6-4-3-5-7-16/h3-9,12,15H,10-11,13H2,1-2H3. The molecule has 128 valence electrons. The van der Waals surface area contributed by atoms with Crippen molar-refractivity contribution in [1.29, 1.82) is 0 Å². The van der Waals surface area contributed by atoms with Crippen molar-refractivity contribution in [2.45, 2.75) is 24.8 Å². The molecule has 3 rings (SSSR count). The normalized spacial score (nSPS) is 19.5. The summed E-state index contributed by atoms with van der Waals surface area (Å²) in [5, 5.41) is 0.479. The van der Waals surface area contributed by atoms with Gasteiger partial charge in [-0.3, -0.25) is 0 Å². The third-order valence-electron chi connectivity index (χ3n) is 4.46. The summed E-state index contributed by atoms with van der Waals surface area (Å²) in [6.45, 7) is 5.51. The first kappa shape index (κ1) is 17.3. The summed E-state index contributed by atoms with van der Waals surface area (Å²) in [6, 6.07) is 15.1. The average molecular weight is 365 g/mol. The maximum atomic E-state index is 12.9. The predicted octanol–water partition coefficient (Wildman–Crippen LogP) is 3.55. The topological polar surface area (TPSA) is 40.6 Å². The number of halogens is 1. The molecule has 6 heteroatoms. The Morgan fingerprint density at radius 2 is 1.79 bits per heavy atom. The minimum Gasteiger partial charge on any atom is -0.366 e. The molecule has 1 unspecified atom stereocenters. The van der Waals surface area contributed by atoms with Crippen molar-refractivity contribution in [3.8, 4) is 0 Å². The summed E-state index contributed by atoms with van der Waals surface area (Å²) in [4.78, 5) is 2.51. The molecule has 0 spiro atoms. The molecule has 1 saturated heterocycles. The summed E-state index contributed by atoms with van der Waals surface area (Å²) in [7, 11) is -3.52. The van der Waals surface area contributed by atoms with Crippen molar-refractivity contribution in [2.75, 3.05) is 24.5 Å². The van der Waals surface area contributed by atoms with Crippen molar-refractivity contribution < 1.29 is 8.42 Å². The van der Waals surface area contributed by atoms with Crippen molar-refractivity contribution in [3.63, 3.8) is 0 Å². The summed E-state index contributed by atoms with van der Waals surface area (Å²) in [5.41, 5.74) is 2.00. The van der Waals surface area contributed by atoms with Crippen LogP contribution in [0.1, 0.15) is 12.5 Å². The Morgan fingerprint density at radius 3 is 2.42 bits per heavy atom. The van der Waals surface area contributed by atoms with Gasteiger partial charge in [-0.2, -0.15) is 4.31 Å². The smallest absolute Gasteiger partial charge is 0.243 e. The predicted molar refractivity (Wildman–Crippen MR) is 98.2 cm³/mol. The van der Waals surface area contributed by atoms with Gasteiger partial charge in [0.25, 0.3) is 0 Å². The van der Waals surface area contributed by atoms with Gasteiger partial charge in [-0.05, 0) is 43.7 Å². The van der Waals surface area contributed by atoms with E-state index in [0.717, 1.165) is 11.3 Å². The molecule has 0 N–H and O–H groups in total. The fraction of sp³-hybridized carbons (Fsp3) is 0.333. The third-order valence-corrected chi connectivity index (χ3v) is 6.73. The van der Waals surface area contributed by atoms with Crippen LogP contribution in [0.15, 0.2) is 53.4 Å². The van der Waals surface area contributed by atoms with Crippen molar-refractivity contribution in [2.24, 2.45) is 0 Å². The molecular formula is C18H21ClN2O2S. The molecule has 1 aliphatic rings. The van der Waals surface area contributed by atoms with Crippen LogP contribution >= 0.6 is 11.6 Å². The highest BCUT2D eigenvalue weighted by Gasteiger charge is 2.32. The number of hydrogen-bond donors (Lipinski definition) is 0. The van der Waals surface area contributed by atoms with Gasteiger partial charge in [-0.15, -0.1) is 0 Å². The lowest BCUT2D eigenvalue weighted by molar-refractivity contribution is 0.342. The fourth-order valence-corrected chi connectivity index (χ4v) is 4.81. The van der Waals surface area contributed by atoms with Crippen molar-refractivity contribution in [3.05, 3.63) is 59.1 Å². The second-order valence-corrected chi connectivity index (χ2v) is 8.50. The van der Waals surface area contributed by atoms with Gasteiger partial charge in [-0.1, -0.05) is 35.9 Å². The molecule has 0 aromatic heterocycles. The van der Waals surface area contributed by atoms with E-state index >= 15 is 0 Å². The summed E-state index contributed by atoms with van der Waals surface area (Å²) < 4.78 is 27.3. The Kier molecular flexibility index (Phi) is 4.85. The van der Waals surface area contributed by atoms with Gasteiger partial charge in [-0.25, -0.2) is 8.42 Å². The van der Waals surface area contributed by atoms with E-state index in [1.54, 1.807) is 22.5 Å². The van der Waals surface area contributed by atoms with Gasteiger partial charge in [0.1, 0.15) is 0 Å². The van der Waals surface area contributed by atoms with Crippen LogP contribution < -0.4 is 4.90 Å². The van der Waals surface area contributed by atoms with Gasteiger partial charge < -0.3 is 4.90 Å². The van der Waals surface area contributed by atoms with E-state index in [4.69, 9.17) is 11.6 Å². The zero-order chi connectivity index (χ0) is 17.3. The lowest BCUT2D eigenvalue weighted by atomic mass is 10.2. The Labute approximate surface area is 148 Å². The first-order valence-corrected chi connectivity index (χ1v) is 9.79. The van der Waals surface area contributed by atoms with E-state index in [-0.39, 0.29) is 10.9 Å². The Morgan fingerprint density at radius 1 is 1.08 bits per heavy atom. The minimum atomic E-state index is -3.52. The van der Waals surface area contributed by atoms with Crippen LogP contribution in [0.3, 0.4) is 0 Å². The number of piperazine rings is 1. The molecule has 4 nitrogen and oxygen atoms in total. The number of sulfonamides is 1. The lowest BCUT2D eigenvalue weighted by Gasteiger charge is -2.40. The number of para-hydroxylation sites is 1. The van der Waals surface area contributed by atoms with Crippen LogP contribution in [-0.2, 0) is 10.0 Å². The van der Waals surface area contributed by atoms with Gasteiger partial charge in [0.2, 0.25) is 10.0 Å². The SMILES string of the molecule is Cc1ccc(S(=O)(=O)N2CCN(c3ccccc3)C(C)C2)cc1Cl.